The van der Waals surface area contributed by atoms with E-state index in [4.69, 9.17) is 11.6 Å². The van der Waals surface area contributed by atoms with Crippen molar-refractivity contribution in [1.29, 1.82) is 0 Å². The van der Waals surface area contributed by atoms with Crippen molar-refractivity contribution < 1.29 is 9.63 Å². The lowest BCUT2D eigenvalue weighted by Gasteiger charge is -1.95. The van der Waals surface area contributed by atoms with E-state index in [0.29, 0.717) is 5.15 Å². The number of rotatable bonds is 2. The van der Waals surface area contributed by atoms with E-state index in [9.17, 15) is 4.79 Å². The van der Waals surface area contributed by atoms with Crippen LogP contribution in [0.25, 0.3) is 10.9 Å². The van der Waals surface area contributed by atoms with Crippen LogP contribution in [0.1, 0.15) is 12.5 Å². The maximum Gasteiger partial charge on any atom is 0.331 e. The molecule has 0 amide bonds. The molecule has 17 heavy (non-hydrogen) atoms. The number of hydrogen-bond donors (Lipinski definition) is 0. The van der Waals surface area contributed by atoms with E-state index >= 15 is 0 Å². The normalized spacial score (nSPS) is 11.2. The number of aryl methyl sites for hydroxylation is 1. The summed E-state index contributed by atoms with van der Waals surface area (Å²) in [5.41, 5.74) is 1.74. The Bertz CT molecular complexity index is 602. The fourth-order valence-electron chi connectivity index (χ4n) is 1.67. The predicted molar refractivity (Wildman–Crippen MR) is 67.3 cm³/mol. The predicted octanol–water partition coefficient (Wildman–Crippen LogP) is 2.73. The number of benzene rings is 1. The zero-order valence-corrected chi connectivity index (χ0v) is 10.2. The highest BCUT2D eigenvalue weighted by molar-refractivity contribution is 6.34. The third-order valence-corrected chi connectivity index (χ3v) is 2.89. The Morgan fingerprint density at radius 2 is 2.18 bits per heavy atom. The molecule has 0 aliphatic heterocycles. The molecule has 4 nitrogen and oxygen atoms in total. The first-order valence-corrected chi connectivity index (χ1v) is 5.43. The van der Waals surface area contributed by atoms with Crippen LogP contribution in [0.15, 0.2) is 29.4 Å². The molecule has 0 radical (unpaired) electrons. The van der Waals surface area contributed by atoms with Crippen LogP contribution in [0.2, 0.25) is 5.15 Å². The average Bonchev–Trinajstić information content (AvgIpc) is 2.54. The first kappa shape index (κ1) is 11.7. The summed E-state index contributed by atoms with van der Waals surface area (Å²) in [5.74, 6) is -0.461. The maximum atomic E-state index is 10.6. The van der Waals surface area contributed by atoms with Gasteiger partial charge in [0.25, 0.3) is 0 Å². The Morgan fingerprint density at radius 1 is 1.47 bits per heavy atom. The minimum atomic E-state index is -0.461. The van der Waals surface area contributed by atoms with E-state index in [1.54, 1.807) is 0 Å². The van der Waals surface area contributed by atoms with Crippen molar-refractivity contribution in [2.24, 2.45) is 12.2 Å². The van der Waals surface area contributed by atoms with Crippen LogP contribution >= 0.6 is 11.6 Å². The molecule has 2 rings (SSSR count). The summed E-state index contributed by atoms with van der Waals surface area (Å²) in [6, 6.07) is 7.76. The zero-order chi connectivity index (χ0) is 12.4. The molecule has 1 aromatic heterocycles. The molecule has 0 bridgehead atoms. The van der Waals surface area contributed by atoms with Gasteiger partial charge in [0.1, 0.15) is 5.15 Å². The summed E-state index contributed by atoms with van der Waals surface area (Å²) in [7, 11) is 1.87. The van der Waals surface area contributed by atoms with Crippen molar-refractivity contribution in [1.82, 2.24) is 4.57 Å². The van der Waals surface area contributed by atoms with E-state index in [-0.39, 0.29) is 0 Å². The number of fused-ring (bicyclic) bond motifs is 1. The van der Waals surface area contributed by atoms with Crippen molar-refractivity contribution in [3.63, 3.8) is 0 Å². The lowest BCUT2D eigenvalue weighted by atomic mass is 10.2. The molecule has 88 valence electrons. The lowest BCUT2D eigenvalue weighted by molar-refractivity contribution is -0.140. The number of oxime groups is 1. The highest BCUT2D eigenvalue weighted by Gasteiger charge is 2.11. The van der Waals surface area contributed by atoms with Crippen molar-refractivity contribution in [3.8, 4) is 0 Å². The molecular formula is C12H11ClN2O2. The molecule has 0 fully saturated rings. The van der Waals surface area contributed by atoms with Crippen LogP contribution in [0, 0.1) is 0 Å². The van der Waals surface area contributed by atoms with Crippen LogP contribution in [0.3, 0.4) is 0 Å². The summed E-state index contributed by atoms with van der Waals surface area (Å²) in [6.45, 7) is 1.29. The van der Waals surface area contributed by atoms with Gasteiger partial charge in [-0.2, -0.15) is 0 Å². The van der Waals surface area contributed by atoms with Gasteiger partial charge in [-0.05, 0) is 6.07 Å². The molecule has 5 heteroatoms. The van der Waals surface area contributed by atoms with Crippen LogP contribution in [0.4, 0.5) is 0 Å². The first-order chi connectivity index (χ1) is 8.11. The summed E-state index contributed by atoms with van der Waals surface area (Å²) in [6.07, 6.45) is 1.45. The molecule has 0 saturated heterocycles. The molecule has 1 heterocycles. The minimum absolute atomic E-state index is 0.461. The SMILES string of the molecule is CC(=O)O/N=C/c1c(Cl)n(C)c2ccccc12. The highest BCUT2D eigenvalue weighted by atomic mass is 35.5. The zero-order valence-electron chi connectivity index (χ0n) is 9.48. The number of carbonyl (C=O) groups excluding carboxylic acids is 1. The Hall–Kier alpha value is -1.81. The van der Waals surface area contributed by atoms with Crippen LogP contribution in [0.5, 0.6) is 0 Å². The molecule has 2 aromatic rings. The Kier molecular flexibility index (Phi) is 3.15. The molecule has 0 aliphatic rings. The summed E-state index contributed by atoms with van der Waals surface area (Å²) < 4.78 is 1.85. The molecule has 0 saturated carbocycles. The minimum Gasteiger partial charge on any atom is -0.334 e. The Morgan fingerprint density at radius 3 is 2.88 bits per heavy atom. The van der Waals surface area contributed by atoms with Gasteiger partial charge < -0.3 is 9.40 Å². The van der Waals surface area contributed by atoms with E-state index in [0.717, 1.165) is 16.5 Å². The van der Waals surface area contributed by atoms with E-state index in [2.05, 4.69) is 9.99 Å². The quantitative estimate of drug-likeness (QED) is 0.467. The second-order valence-corrected chi connectivity index (χ2v) is 3.96. The fourth-order valence-corrected chi connectivity index (χ4v) is 1.91. The molecule has 0 atom stereocenters. The molecule has 0 aliphatic carbocycles. The van der Waals surface area contributed by atoms with E-state index in [1.807, 2.05) is 35.9 Å². The van der Waals surface area contributed by atoms with Crippen LogP contribution in [-0.4, -0.2) is 16.8 Å². The number of aromatic nitrogens is 1. The molecule has 0 spiro atoms. The lowest BCUT2D eigenvalue weighted by Crippen LogP contribution is -1.92. The number of carbonyl (C=O) groups is 1. The fraction of sp³-hybridized carbons (Fsp3) is 0.167. The monoisotopic (exact) mass is 250 g/mol. The number of halogens is 1. The van der Waals surface area contributed by atoms with Gasteiger partial charge in [-0.3, -0.25) is 0 Å². The second-order valence-electron chi connectivity index (χ2n) is 3.60. The third-order valence-electron chi connectivity index (χ3n) is 2.44. The molecular weight excluding hydrogens is 240 g/mol. The topological polar surface area (TPSA) is 43.6 Å². The van der Waals surface area contributed by atoms with Gasteiger partial charge in [0.05, 0.1) is 6.21 Å². The van der Waals surface area contributed by atoms with Gasteiger partial charge in [-0.1, -0.05) is 35.0 Å². The Labute approximate surface area is 103 Å². The van der Waals surface area contributed by atoms with Crippen molar-refractivity contribution >= 4 is 34.7 Å². The van der Waals surface area contributed by atoms with Crippen LogP contribution in [-0.2, 0) is 16.7 Å². The van der Waals surface area contributed by atoms with E-state index < -0.39 is 5.97 Å². The molecule has 1 aromatic carbocycles. The van der Waals surface area contributed by atoms with Crippen molar-refractivity contribution in [3.05, 3.63) is 35.0 Å². The van der Waals surface area contributed by atoms with Gasteiger partial charge in [-0.15, -0.1) is 0 Å². The molecule has 0 N–H and O–H groups in total. The second kappa shape index (κ2) is 4.59. The summed E-state index contributed by atoms with van der Waals surface area (Å²) in [5, 5.41) is 5.12. The number of nitrogens with zero attached hydrogens (tertiary/aromatic N) is 2. The first-order valence-electron chi connectivity index (χ1n) is 5.05. The number of hydrogen-bond acceptors (Lipinski definition) is 3. The average molecular weight is 251 g/mol. The van der Waals surface area contributed by atoms with E-state index in [1.165, 1.54) is 13.1 Å². The smallest absolute Gasteiger partial charge is 0.331 e. The van der Waals surface area contributed by atoms with Crippen molar-refractivity contribution in [2.45, 2.75) is 6.92 Å². The highest BCUT2D eigenvalue weighted by Crippen LogP contribution is 2.27. The summed E-state index contributed by atoms with van der Waals surface area (Å²) in [4.78, 5) is 15.1. The van der Waals surface area contributed by atoms with Gasteiger partial charge >= 0.3 is 5.97 Å². The summed E-state index contributed by atoms with van der Waals surface area (Å²) >= 11 is 6.18. The largest absolute Gasteiger partial charge is 0.334 e. The van der Waals surface area contributed by atoms with Crippen molar-refractivity contribution in [2.75, 3.05) is 0 Å². The van der Waals surface area contributed by atoms with Gasteiger partial charge in [-0.25, -0.2) is 4.79 Å². The molecule has 0 unspecified atom stereocenters. The van der Waals surface area contributed by atoms with Gasteiger partial charge in [0.15, 0.2) is 0 Å². The van der Waals surface area contributed by atoms with Gasteiger partial charge in [0, 0.05) is 30.4 Å². The standard InChI is InChI=1S/C12H11ClN2O2/c1-8(16)17-14-7-10-9-5-3-4-6-11(9)15(2)12(10)13/h3-7H,1-2H3/b14-7+. The number of para-hydroxylation sites is 1. The third kappa shape index (κ3) is 2.17. The van der Waals surface area contributed by atoms with Gasteiger partial charge in [0.2, 0.25) is 0 Å². The Balaban J connectivity index is 2.50. The maximum absolute atomic E-state index is 10.6. The van der Waals surface area contributed by atoms with Crippen LogP contribution < -0.4 is 0 Å².